The summed E-state index contributed by atoms with van der Waals surface area (Å²) in [5.74, 6) is -15.2. The maximum absolute atomic E-state index is 15.8. The maximum Gasteiger partial charge on any atom is 0.330 e. The molecule has 11 bridgehead atoms. The van der Waals surface area contributed by atoms with Gasteiger partial charge in [-0.25, -0.2) is 4.79 Å². The number of methoxy groups -OCH3 is 1. The Labute approximate surface area is 525 Å². The molecule has 7 amide bonds. The second-order valence-electron chi connectivity index (χ2n) is 22.1. The summed E-state index contributed by atoms with van der Waals surface area (Å²) in [6, 6.07) is -0.159. The summed E-state index contributed by atoms with van der Waals surface area (Å²) < 4.78 is 30.1. The molecule has 6 heterocycles. The summed E-state index contributed by atoms with van der Waals surface area (Å²) >= 11 is 13.8. The average Bonchev–Trinajstić information content (AvgIpc) is 0.931. The van der Waals surface area contributed by atoms with Crippen LogP contribution < -0.4 is 62.3 Å². The minimum absolute atomic E-state index is 0.0906. The number of hydrogen-bond donors (Lipinski definition) is 17. The third-order valence-corrected chi connectivity index (χ3v) is 15.9. The number of carboxylic acid groups (broad SMARTS) is 1. The minimum Gasteiger partial charge on any atom is -0.507 e. The highest BCUT2D eigenvalue weighted by Gasteiger charge is 2.47. The molecule has 19 N–H and O–H groups in total. The number of ether oxygens (including phenoxy) is 5. The topological polar surface area (TPSA) is 489 Å². The van der Waals surface area contributed by atoms with E-state index in [1.54, 1.807) is 13.8 Å². The number of amides is 7. The smallest absolute Gasteiger partial charge is 0.330 e. The number of fused-ring (bicyclic) bond motifs is 15. The van der Waals surface area contributed by atoms with Gasteiger partial charge < -0.3 is 113 Å². The Morgan fingerprint density at radius 3 is 1.85 bits per heavy atom. The van der Waals surface area contributed by atoms with Crippen molar-refractivity contribution in [2.75, 3.05) is 13.7 Å². The van der Waals surface area contributed by atoms with E-state index in [-0.39, 0.29) is 51.3 Å². The van der Waals surface area contributed by atoms with Gasteiger partial charge in [0.25, 0.3) is 0 Å². The van der Waals surface area contributed by atoms with Gasteiger partial charge in [-0.1, -0.05) is 55.2 Å². The van der Waals surface area contributed by atoms with E-state index in [0.717, 1.165) is 72.8 Å². The summed E-state index contributed by atoms with van der Waals surface area (Å²) in [5, 5.41) is 115. The van der Waals surface area contributed by atoms with Gasteiger partial charge in [0, 0.05) is 22.8 Å². The molecule has 91 heavy (non-hydrogen) atoms. The quantitative estimate of drug-likeness (QED) is 0.0822. The van der Waals surface area contributed by atoms with Crippen molar-refractivity contribution in [2.45, 2.75) is 112 Å². The van der Waals surface area contributed by atoms with E-state index in [9.17, 15) is 69.9 Å². The van der Waals surface area contributed by atoms with E-state index in [1.807, 2.05) is 0 Å². The molecule has 0 spiro atoms. The minimum atomic E-state index is -2.30. The van der Waals surface area contributed by atoms with Crippen molar-refractivity contribution in [1.82, 2.24) is 31.9 Å². The van der Waals surface area contributed by atoms with E-state index < -0.39 is 202 Å². The van der Waals surface area contributed by atoms with Crippen LogP contribution in [0.15, 0.2) is 78.9 Å². The van der Waals surface area contributed by atoms with Crippen LogP contribution in [0.3, 0.4) is 0 Å². The molecule has 1 fully saturated rings. The predicted molar refractivity (Wildman–Crippen MR) is 313 cm³/mol. The highest BCUT2D eigenvalue weighted by Crippen LogP contribution is 2.49. The van der Waals surface area contributed by atoms with Crippen molar-refractivity contribution >= 4 is 70.5 Å². The Hall–Kier alpha value is -9.08. The van der Waals surface area contributed by atoms with Crippen molar-refractivity contribution in [2.24, 2.45) is 17.4 Å². The van der Waals surface area contributed by atoms with Crippen LogP contribution in [0.5, 0.6) is 46.0 Å². The second kappa shape index (κ2) is 27.2. The molecular formula is C59H62Cl2N8O22. The third kappa shape index (κ3) is 14.0. The number of aliphatic hydroxyl groups is 6. The lowest BCUT2D eigenvalue weighted by Gasteiger charge is -2.39. The van der Waals surface area contributed by atoms with Crippen molar-refractivity contribution in [3.8, 4) is 57.1 Å². The fourth-order valence-corrected chi connectivity index (χ4v) is 11.1. The number of nitrogens with two attached hydrogens (primary N) is 2. The Bertz CT molecular complexity index is 3730. The first-order valence-electron chi connectivity index (χ1n) is 27.9. The first-order chi connectivity index (χ1) is 43.1. The van der Waals surface area contributed by atoms with Gasteiger partial charge in [0.1, 0.15) is 95.6 Å². The highest BCUT2D eigenvalue weighted by molar-refractivity contribution is 6.32. The number of phenols is 2. The normalized spacial score (nSPS) is 26.2. The maximum atomic E-state index is 15.8. The lowest BCUT2D eigenvalue weighted by atomic mass is 9.89. The number of phenolic OH excluding ortho intramolecular Hbond substituents is 2. The Balaban J connectivity index is 1.32. The Morgan fingerprint density at radius 1 is 0.670 bits per heavy atom. The van der Waals surface area contributed by atoms with E-state index in [4.69, 9.17) is 58.4 Å². The predicted octanol–water partition coefficient (Wildman–Crippen LogP) is -0.0890. The number of aliphatic carboxylic acids is 1. The molecule has 32 heteroatoms. The zero-order chi connectivity index (χ0) is 66.2. The number of carbonyl (C=O) groups excluding carboxylic acids is 7. The van der Waals surface area contributed by atoms with Gasteiger partial charge in [-0.2, -0.15) is 0 Å². The number of rotatable bonds is 11. The van der Waals surface area contributed by atoms with E-state index in [1.165, 1.54) is 13.2 Å². The van der Waals surface area contributed by atoms with Gasteiger partial charge in [-0.3, -0.25) is 33.6 Å². The number of benzene rings is 5. The summed E-state index contributed by atoms with van der Waals surface area (Å²) in [6.07, 6.45) is -15.0. The number of carbonyl (C=O) groups is 8. The molecule has 0 radical (unpaired) electrons. The van der Waals surface area contributed by atoms with E-state index >= 15 is 14.4 Å². The highest BCUT2D eigenvalue weighted by atomic mass is 35.5. The SMILES string of the molecule is COc1cc(O)c2c(c1)[C@@H](C(=O)O)NC(=O)[C@H]1NC(=O)[C@H](NC(=O)[C@@H]3NC(=O)[C@H](CC(N)=O)NC(=O)[C@H](NC(=O)[C@H](N)CC(C)C)[C@H](O)c4ccc(c(Cl)c4)Oc4cc3cc(c4O[C@@H]3O[C@H](CO)[C@@H](O)[C@H](O)[C@H]3O)Oc3ccc(cc3Cl)[C@H]1O)c1ccc(O)c-2c1. The number of aliphatic hydroxyl groups excluding tert-OH is 6. The van der Waals surface area contributed by atoms with Gasteiger partial charge in [-0.05, 0) is 89.2 Å². The number of halogens is 2. The first-order valence-corrected chi connectivity index (χ1v) is 28.6. The molecule has 6 aliphatic rings. The van der Waals surface area contributed by atoms with E-state index in [2.05, 4.69) is 31.9 Å². The molecule has 30 nitrogen and oxygen atoms in total. The average molecular weight is 1310 g/mol. The van der Waals surface area contributed by atoms with Crippen LogP contribution >= 0.6 is 23.2 Å². The summed E-state index contributed by atoms with van der Waals surface area (Å²) in [7, 11) is 1.18. The number of nitrogens with one attached hydrogen (secondary N) is 6. The molecule has 0 unspecified atom stereocenters. The number of aromatic hydroxyl groups is 2. The first kappa shape index (κ1) is 66.3. The van der Waals surface area contributed by atoms with Crippen LogP contribution in [0, 0.1) is 5.92 Å². The van der Waals surface area contributed by atoms with Gasteiger partial charge in [0.15, 0.2) is 17.5 Å². The molecule has 11 rings (SSSR count). The summed E-state index contributed by atoms with van der Waals surface area (Å²) in [6.45, 7) is 2.58. The lowest BCUT2D eigenvalue weighted by Crippen LogP contribution is -2.60. The molecule has 484 valence electrons. The van der Waals surface area contributed by atoms with Crippen LogP contribution in [0.4, 0.5) is 0 Å². The largest absolute Gasteiger partial charge is 0.507 e. The monoisotopic (exact) mass is 1300 g/mol. The van der Waals surface area contributed by atoms with Gasteiger partial charge in [-0.15, -0.1) is 0 Å². The van der Waals surface area contributed by atoms with Crippen LogP contribution in [0.1, 0.15) is 84.8 Å². The van der Waals surface area contributed by atoms with Gasteiger partial charge in [0.05, 0.1) is 36.2 Å². The van der Waals surface area contributed by atoms with E-state index in [0.29, 0.717) is 0 Å². The molecule has 5 aromatic carbocycles. The fraction of sp³-hybridized carbons (Fsp3) is 0.356. The molecule has 6 aliphatic heterocycles. The Kier molecular flexibility index (Phi) is 19.8. The molecule has 0 aliphatic carbocycles. The number of hydrogen-bond acceptors (Lipinski definition) is 22. The second-order valence-corrected chi connectivity index (χ2v) is 22.9. The van der Waals surface area contributed by atoms with Crippen molar-refractivity contribution in [1.29, 1.82) is 0 Å². The molecule has 5 aromatic rings. The van der Waals surface area contributed by atoms with Gasteiger partial charge in [0.2, 0.25) is 53.4 Å². The molecular weight excluding hydrogens is 1240 g/mol. The third-order valence-electron chi connectivity index (χ3n) is 15.3. The van der Waals surface area contributed by atoms with Gasteiger partial charge >= 0.3 is 5.97 Å². The van der Waals surface area contributed by atoms with Crippen molar-refractivity contribution in [3.05, 3.63) is 117 Å². The number of carboxylic acids is 1. The molecule has 1 saturated heterocycles. The zero-order valence-corrected chi connectivity index (χ0v) is 49.5. The zero-order valence-electron chi connectivity index (χ0n) is 48.0. The standard InChI is InChI=1S/C59H62Cl2N8O22/c1-20(2)10-30(62)52(79)68-44-46(74)22-5-8-34(28(60)12-22)88-36-14-24-15-37(51(36)91-59-50(78)49(77)48(76)38(19-70)90-59)89-35-9-6-23(13-29(35)61)47(75)45-57(84)67-43(58(85)86)27-16-25(87-3)17-33(72)40(27)26-11-21(4-7-32(26)71)41(54(81)69-45)66-55(82)42(24)65-53(80)31(18-39(63)73)64-56(44)83/h4-9,11-17,20,30-31,38,41-50,59,70-72,74-78H,10,18-19,62H2,1-3H3,(H2,63,73)(H,64,83)(H,65,80)(H,66,82)(H,67,84)(H,68,79)(H,69,81)(H,85,86)/t30-,31+,38-,41-,42-,43+,44-,45+,46-,47-,48-,49+,50-,59+/m1/s1. The molecule has 14 atom stereocenters. The fourth-order valence-electron chi connectivity index (χ4n) is 10.6. The van der Waals surface area contributed by atoms with Crippen molar-refractivity contribution < 1.29 is 108 Å². The molecule has 0 saturated carbocycles. The Morgan fingerprint density at radius 2 is 1.26 bits per heavy atom. The van der Waals surface area contributed by atoms with Crippen LogP contribution in [-0.4, -0.2) is 162 Å². The number of primary amides is 1. The van der Waals surface area contributed by atoms with Crippen LogP contribution in [0.25, 0.3) is 11.1 Å². The summed E-state index contributed by atoms with van der Waals surface area (Å²) in [4.78, 5) is 115. The van der Waals surface area contributed by atoms with Crippen molar-refractivity contribution in [3.63, 3.8) is 0 Å². The van der Waals surface area contributed by atoms with Crippen LogP contribution in [0.2, 0.25) is 10.0 Å². The summed E-state index contributed by atoms with van der Waals surface area (Å²) in [5.41, 5.74) is 9.40. The molecule has 0 aromatic heterocycles. The lowest BCUT2D eigenvalue weighted by molar-refractivity contribution is -0.277. The van der Waals surface area contributed by atoms with Crippen LogP contribution in [-0.2, 0) is 43.1 Å².